The van der Waals surface area contributed by atoms with Crippen molar-refractivity contribution in [2.24, 2.45) is 5.14 Å². The fourth-order valence-electron chi connectivity index (χ4n) is 1.75. The van der Waals surface area contributed by atoms with Crippen LogP contribution < -0.4 is 10.5 Å². The van der Waals surface area contributed by atoms with Gasteiger partial charge in [-0.2, -0.15) is 0 Å². The molecule has 0 radical (unpaired) electrons. The first kappa shape index (κ1) is 17.9. The number of primary sulfonamides is 1. The van der Waals surface area contributed by atoms with Crippen LogP contribution in [0.2, 0.25) is 5.02 Å². The van der Waals surface area contributed by atoms with E-state index < -0.39 is 28.5 Å². The molecular formula is C15H13ClN2O5S. The average Bonchev–Trinajstić information content (AvgIpc) is 2.52. The van der Waals surface area contributed by atoms with Crippen LogP contribution in [0, 0.1) is 0 Å². The number of nitrogens with two attached hydrogens (primary N) is 1. The zero-order valence-corrected chi connectivity index (χ0v) is 13.8. The number of anilines is 1. The number of esters is 1. The van der Waals surface area contributed by atoms with Crippen molar-refractivity contribution >= 4 is 39.2 Å². The molecule has 0 atom stereocenters. The van der Waals surface area contributed by atoms with Crippen LogP contribution in [-0.4, -0.2) is 26.9 Å². The summed E-state index contributed by atoms with van der Waals surface area (Å²) >= 11 is 5.76. The van der Waals surface area contributed by atoms with Gasteiger partial charge in [-0.15, -0.1) is 0 Å². The smallest absolute Gasteiger partial charge is 0.338 e. The number of halogens is 1. The fraction of sp³-hybridized carbons (Fsp3) is 0.0667. The molecule has 3 N–H and O–H groups in total. The van der Waals surface area contributed by atoms with Crippen molar-refractivity contribution in [2.45, 2.75) is 4.90 Å². The summed E-state index contributed by atoms with van der Waals surface area (Å²) in [4.78, 5) is 23.4. The quantitative estimate of drug-likeness (QED) is 0.780. The molecule has 0 aliphatic carbocycles. The Bertz CT molecular complexity index is 866. The van der Waals surface area contributed by atoms with E-state index in [1.165, 1.54) is 36.4 Å². The number of amides is 1. The van der Waals surface area contributed by atoms with Crippen molar-refractivity contribution in [1.82, 2.24) is 0 Å². The van der Waals surface area contributed by atoms with Crippen LogP contribution in [0.1, 0.15) is 10.4 Å². The van der Waals surface area contributed by atoms with Gasteiger partial charge in [0, 0.05) is 10.7 Å². The van der Waals surface area contributed by atoms with E-state index in [9.17, 15) is 18.0 Å². The minimum absolute atomic E-state index is 0.0760. The summed E-state index contributed by atoms with van der Waals surface area (Å²) in [6.07, 6.45) is 0. The maximum Gasteiger partial charge on any atom is 0.338 e. The third-order valence-corrected chi connectivity index (χ3v) is 4.03. The molecule has 0 saturated heterocycles. The normalized spacial score (nSPS) is 10.9. The molecule has 0 heterocycles. The average molecular weight is 369 g/mol. The van der Waals surface area contributed by atoms with Gasteiger partial charge in [0.15, 0.2) is 6.61 Å². The number of rotatable bonds is 5. The Hall–Kier alpha value is -2.42. The number of nitrogens with one attached hydrogen (secondary N) is 1. The van der Waals surface area contributed by atoms with Crippen LogP contribution in [-0.2, 0) is 19.6 Å². The molecule has 0 saturated carbocycles. The van der Waals surface area contributed by atoms with Crippen LogP contribution in [0.3, 0.4) is 0 Å². The molecule has 126 valence electrons. The molecule has 24 heavy (non-hydrogen) atoms. The lowest BCUT2D eigenvalue weighted by Crippen LogP contribution is -2.21. The lowest BCUT2D eigenvalue weighted by molar-refractivity contribution is -0.119. The predicted molar refractivity (Wildman–Crippen MR) is 88.2 cm³/mol. The van der Waals surface area contributed by atoms with Crippen molar-refractivity contribution in [3.05, 3.63) is 59.1 Å². The SMILES string of the molecule is NS(=O)(=O)c1ccc(NC(=O)COC(=O)c2cccc(Cl)c2)cc1. The Morgan fingerprint density at radius 1 is 1.12 bits per heavy atom. The van der Waals surface area contributed by atoms with Gasteiger partial charge in [0.2, 0.25) is 10.0 Å². The van der Waals surface area contributed by atoms with Crippen molar-refractivity contribution in [3.8, 4) is 0 Å². The summed E-state index contributed by atoms with van der Waals surface area (Å²) in [5.41, 5.74) is 0.569. The van der Waals surface area contributed by atoms with Gasteiger partial charge in [-0.1, -0.05) is 17.7 Å². The minimum Gasteiger partial charge on any atom is -0.452 e. The monoisotopic (exact) mass is 368 g/mol. The zero-order chi connectivity index (χ0) is 17.7. The first-order chi connectivity index (χ1) is 11.3. The summed E-state index contributed by atoms with van der Waals surface area (Å²) in [6.45, 7) is -0.498. The highest BCUT2D eigenvalue weighted by Gasteiger charge is 2.11. The van der Waals surface area contributed by atoms with E-state index in [1.54, 1.807) is 12.1 Å². The number of carbonyl (C=O) groups excluding carboxylic acids is 2. The van der Waals surface area contributed by atoms with E-state index >= 15 is 0 Å². The first-order valence-electron chi connectivity index (χ1n) is 6.61. The summed E-state index contributed by atoms with van der Waals surface area (Å²) in [7, 11) is -3.80. The van der Waals surface area contributed by atoms with Gasteiger partial charge in [0.05, 0.1) is 10.5 Å². The number of benzene rings is 2. The van der Waals surface area contributed by atoms with Crippen LogP contribution in [0.4, 0.5) is 5.69 Å². The molecule has 0 unspecified atom stereocenters. The van der Waals surface area contributed by atoms with E-state index in [0.29, 0.717) is 10.7 Å². The molecule has 2 aromatic carbocycles. The summed E-state index contributed by atoms with van der Waals surface area (Å²) < 4.78 is 27.1. The van der Waals surface area contributed by atoms with Crippen LogP contribution in [0.5, 0.6) is 0 Å². The van der Waals surface area contributed by atoms with Crippen molar-refractivity contribution in [3.63, 3.8) is 0 Å². The summed E-state index contributed by atoms with van der Waals surface area (Å²) in [6, 6.07) is 11.4. The van der Waals surface area contributed by atoms with Gasteiger partial charge in [-0.05, 0) is 42.5 Å². The molecular weight excluding hydrogens is 356 g/mol. The molecule has 0 aliphatic heterocycles. The molecule has 2 aromatic rings. The van der Waals surface area contributed by atoms with Gasteiger partial charge in [0.25, 0.3) is 5.91 Å². The Kier molecular flexibility index (Phi) is 5.55. The Labute approximate surface area is 143 Å². The molecule has 0 fully saturated rings. The number of ether oxygens (including phenoxy) is 1. The lowest BCUT2D eigenvalue weighted by atomic mass is 10.2. The second-order valence-corrected chi connectivity index (χ2v) is 6.70. The summed E-state index contributed by atoms with van der Waals surface area (Å²) in [5.74, 6) is -1.26. The summed E-state index contributed by atoms with van der Waals surface area (Å²) in [5, 5.41) is 7.81. The number of carbonyl (C=O) groups is 2. The van der Waals surface area contributed by atoms with Crippen LogP contribution in [0.25, 0.3) is 0 Å². The molecule has 9 heteroatoms. The van der Waals surface area contributed by atoms with Crippen LogP contribution >= 0.6 is 11.6 Å². The molecule has 0 aromatic heterocycles. The van der Waals surface area contributed by atoms with Gasteiger partial charge >= 0.3 is 5.97 Å². The standard InChI is InChI=1S/C15H13ClN2O5S/c16-11-3-1-2-10(8-11)15(20)23-9-14(19)18-12-4-6-13(7-5-12)24(17,21)22/h1-8H,9H2,(H,18,19)(H2,17,21,22). The van der Waals surface area contributed by atoms with Crippen molar-refractivity contribution < 1.29 is 22.7 Å². The minimum atomic E-state index is -3.80. The molecule has 2 rings (SSSR count). The number of hydrogen-bond donors (Lipinski definition) is 2. The van der Waals surface area contributed by atoms with E-state index in [0.717, 1.165) is 0 Å². The highest BCUT2D eigenvalue weighted by molar-refractivity contribution is 7.89. The highest BCUT2D eigenvalue weighted by Crippen LogP contribution is 2.13. The second kappa shape index (κ2) is 7.43. The van der Waals surface area contributed by atoms with E-state index in [1.807, 2.05) is 0 Å². The predicted octanol–water partition coefficient (Wildman–Crippen LogP) is 1.78. The number of hydrogen-bond acceptors (Lipinski definition) is 5. The molecule has 0 bridgehead atoms. The molecule has 1 amide bonds. The van der Waals surface area contributed by atoms with Gasteiger partial charge in [-0.3, -0.25) is 4.79 Å². The van der Waals surface area contributed by atoms with Gasteiger partial charge in [0.1, 0.15) is 0 Å². The topological polar surface area (TPSA) is 116 Å². The Morgan fingerprint density at radius 2 is 1.79 bits per heavy atom. The Morgan fingerprint density at radius 3 is 2.38 bits per heavy atom. The van der Waals surface area contributed by atoms with Crippen molar-refractivity contribution in [2.75, 3.05) is 11.9 Å². The second-order valence-electron chi connectivity index (χ2n) is 4.70. The molecule has 7 nitrogen and oxygen atoms in total. The van der Waals surface area contributed by atoms with Gasteiger partial charge in [-0.25, -0.2) is 18.4 Å². The Balaban J connectivity index is 1.90. The molecule has 0 spiro atoms. The van der Waals surface area contributed by atoms with Crippen molar-refractivity contribution in [1.29, 1.82) is 0 Å². The fourth-order valence-corrected chi connectivity index (χ4v) is 2.46. The van der Waals surface area contributed by atoms with Crippen LogP contribution in [0.15, 0.2) is 53.4 Å². The maximum absolute atomic E-state index is 11.8. The van der Waals surface area contributed by atoms with E-state index in [-0.39, 0.29) is 10.5 Å². The van der Waals surface area contributed by atoms with E-state index in [2.05, 4.69) is 5.32 Å². The molecule has 0 aliphatic rings. The largest absolute Gasteiger partial charge is 0.452 e. The maximum atomic E-state index is 11.8. The number of sulfonamides is 1. The van der Waals surface area contributed by atoms with Gasteiger partial charge < -0.3 is 10.1 Å². The lowest BCUT2D eigenvalue weighted by Gasteiger charge is -2.07. The third kappa shape index (κ3) is 5.05. The highest BCUT2D eigenvalue weighted by atomic mass is 35.5. The van der Waals surface area contributed by atoms with E-state index in [4.69, 9.17) is 21.5 Å². The first-order valence-corrected chi connectivity index (χ1v) is 8.53. The third-order valence-electron chi connectivity index (χ3n) is 2.86. The zero-order valence-electron chi connectivity index (χ0n) is 12.2.